The molecular formula is C7H15N4+. The molecule has 1 rings (SSSR count). The second-order valence-electron chi connectivity index (χ2n) is 3.99. The van der Waals surface area contributed by atoms with E-state index >= 15 is 0 Å². The standard InChI is InChI=1S/C7H14N4/c1-7(2,3)5-6-8-10-11(4)9-6/h5H2,1-4H3/p+1. The van der Waals surface area contributed by atoms with Crippen LogP contribution in [0.15, 0.2) is 0 Å². The predicted molar refractivity (Wildman–Crippen MR) is 40.7 cm³/mol. The zero-order chi connectivity index (χ0) is 8.48. The Morgan fingerprint density at radius 2 is 2.09 bits per heavy atom. The molecule has 0 spiro atoms. The maximum absolute atomic E-state index is 4.15. The number of nitrogens with zero attached hydrogens (tertiary/aromatic N) is 3. The van der Waals surface area contributed by atoms with E-state index in [2.05, 4.69) is 36.2 Å². The first-order chi connectivity index (χ1) is 4.97. The first-order valence-corrected chi connectivity index (χ1v) is 3.75. The van der Waals surface area contributed by atoms with Crippen LogP contribution in [0.3, 0.4) is 0 Å². The molecule has 0 aliphatic carbocycles. The van der Waals surface area contributed by atoms with Crippen LogP contribution in [0.2, 0.25) is 0 Å². The van der Waals surface area contributed by atoms with Crippen molar-refractivity contribution in [1.29, 1.82) is 0 Å². The van der Waals surface area contributed by atoms with E-state index in [4.69, 9.17) is 0 Å². The van der Waals surface area contributed by atoms with Gasteiger partial charge in [-0.3, -0.25) is 0 Å². The van der Waals surface area contributed by atoms with E-state index < -0.39 is 0 Å². The van der Waals surface area contributed by atoms with Crippen LogP contribution in [-0.4, -0.2) is 15.4 Å². The van der Waals surface area contributed by atoms with Gasteiger partial charge in [-0.25, -0.2) is 0 Å². The van der Waals surface area contributed by atoms with Crippen molar-refractivity contribution in [3.05, 3.63) is 5.82 Å². The third-order valence-electron chi connectivity index (χ3n) is 1.28. The average molecular weight is 155 g/mol. The number of H-pyrrole nitrogens is 1. The summed E-state index contributed by atoms with van der Waals surface area (Å²) in [6.07, 6.45) is 0.907. The van der Waals surface area contributed by atoms with Gasteiger partial charge in [-0.2, -0.15) is 0 Å². The van der Waals surface area contributed by atoms with Crippen molar-refractivity contribution in [3.8, 4) is 0 Å². The van der Waals surface area contributed by atoms with Gasteiger partial charge in [0.15, 0.2) is 0 Å². The lowest BCUT2D eigenvalue weighted by Gasteiger charge is -2.12. The fourth-order valence-corrected chi connectivity index (χ4v) is 0.897. The van der Waals surface area contributed by atoms with E-state index in [9.17, 15) is 0 Å². The third-order valence-corrected chi connectivity index (χ3v) is 1.28. The van der Waals surface area contributed by atoms with E-state index in [1.165, 1.54) is 0 Å². The smallest absolute Gasteiger partial charge is 0.0652 e. The lowest BCUT2D eigenvalue weighted by molar-refractivity contribution is -0.784. The number of rotatable bonds is 1. The first-order valence-electron chi connectivity index (χ1n) is 3.75. The quantitative estimate of drug-likeness (QED) is 0.589. The summed E-state index contributed by atoms with van der Waals surface area (Å²) in [5.74, 6) is 0.875. The molecular weight excluding hydrogens is 140 g/mol. The topological polar surface area (TPSA) is 45.5 Å². The number of hydrogen-bond donors (Lipinski definition) is 1. The maximum Gasteiger partial charge on any atom is 0.308 e. The van der Waals surface area contributed by atoms with Crippen LogP contribution >= 0.6 is 0 Å². The summed E-state index contributed by atoms with van der Waals surface area (Å²) in [7, 11) is 1.83. The van der Waals surface area contributed by atoms with Gasteiger partial charge in [-0.05, 0) is 15.7 Å². The molecule has 0 aliphatic heterocycles. The summed E-state index contributed by atoms with van der Waals surface area (Å²) < 4.78 is 0. The SMILES string of the molecule is C[n+]1nc(CC(C)(C)C)n[nH]1. The number of aromatic nitrogens is 4. The normalized spacial score (nSPS) is 12.0. The molecule has 1 heterocycles. The minimum absolute atomic E-state index is 0.259. The number of tetrazole rings is 1. The number of hydrogen-bond acceptors (Lipinski definition) is 2. The zero-order valence-corrected chi connectivity index (χ0v) is 7.55. The molecule has 0 bridgehead atoms. The van der Waals surface area contributed by atoms with Crippen LogP contribution in [0.25, 0.3) is 0 Å². The Labute approximate surface area is 66.6 Å². The third kappa shape index (κ3) is 2.65. The van der Waals surface area contributed by atoms with E-state index in [1.807, 2.05) is 7.05 Å². The maximum atomic E-state index is 4.15. The second kappa shape index (κ2) is 2.60. The Hall–Kier alpha value is -0.930. The largest absolute Gasteiger partial charge is 0.308 e. The van der Waals surface area contributed by atoms with Crippen LogP contribution in [0, 0.1) is 5.41 Å². The number of aromatic amines is 1. The number of nitrogens with one attached hydrogen (secondary N) is 1. The lowest BCUT2D eigenvalue weighted by atomic mass is 9.92. The molecule has 0 atom stereocenters. The van der Waals surface area contributed by atoms with Crippen molar-refractivity contribution in [3.63, 3.8) is 0 Å². The predicted octanol–water partition coefficient (Wildman–Crippen LogP) is 0.218. The first kappa shape index (κ1) is 8.17. The van der Waals surface area contributed by atoms with E-state index in [0.717, 1.165) is 12.2 Å². The molecule has 1 aromatic rings. The van der Waals surface area contributed by atoms with Crippen LogP contribution < -0.4 is 4.80 Å². The minimum atomic E-state index is 0.259. The summed E-state index contributed by atoms with van der Waals surface area (Å²) in [5, 5.41) is 10.9. The molecule has 0 aromatic carbocycles. The highest BCUT2D eigenvalue weighted by atomic mass is 15.6. The highest BCUT2D eigenvalue weighted by molar-refractivity contribution is 4.81. The van der Waals surface area contributed by atoms with Gasteiger partial charge >= 0.3 is 5.82 Å². The van der Waals surface area contributed by atoms with Gasteiger partial charge in [0, 0.05) is 6.42 Å². The van der Waals surface area contributed by atoms with Gasteiger partial charge in [0.25, 0.3) is 0 Å². The van der Waals surface area contributed by atoms with Crippen molar-refractivity contribution in [2.75, 3.05) is 0 Å². The zero-order valence-electron chi connectivity index (χ0n) is 7.55. The van der Waals surface area contributed by atoms with Crippen LogP contribution in [-0.2, 0) is 13.5 Å². The molecule has 0 saturated heterocycles. The summed E-state index contributed by atoms with van der Waals surface area (Å²) in [6, 6.07) is 0. The minimum Gasteiger partial charge on any atom is -0.0652 e. The summed E-state index contributed by atoms with van der Waals surface area (Å²) in [6.45, 7) is 6.51. The van der Waals surface area contributed by atoms with Crippen molar-refractivity contribution >= 4 is 0 Å². The monoisotopic (exact) mass is 155 g/mol. The molecule has 1 aromatic heterocycles. The summed E-state index contributed by atoms with van der Waals surface area (Å²) in [4.78, 5) is 1.61. The summed E-state index contributed by atoms with van der Waals surface area (Å²) >= 11 is 0. The molecule has 0 unspecified atom stereocenters. The highest BCUT2D eigenvalue weighted by Gasteiger charge is 2.18. The van der Waals surface area contributed by atoms with Crippen LogP contribution in [0.5, 0.6) is 0 Å². The van der Waals surface area contributed by atoms with Crippen molar-refractivity contribution in [2.24, 2.45) is 12.5 Å². The molecule has 0 fully saturated rings. The Morgan fingerprint density at radius 3 is 2.45 bits per heavy atom. The Morgan fingerprint density at radius 1 is 1.45 bits per heavy atom. The van der Waals surface area contributed by atoms with Crippen LogP contribution in [0.1, 0.15) is 26.6 Å². The molecule has 62 valence electrons. The summed E-state index contributed by atoms with van der Waals surface area (Å²) in [5.41, 5.74) is 0.259. The molecule has 0 saturated carbocycles. The van der Waals surface area contributed by atoms with Gasteiger partial charge in [0.2, 0.25) is 0 Å². The molecule has 0 aliphatic rings. The van der Waals surface area contributed by atoms with Gasteiger partial charge in [0.1, 0.15) is 7.05 Å². The van der Waals surface area contributed by atoms with Crippen molar-refractivity contribution in [2.45, 2.75) is 27.2 Å². The van der Waals surface area contributed by atoms with Gasteiger partial charge in [-0.1, -0.05) is 25.6 Å². The van der Waals surface area contributed by atoms with E-state index in [1.54, 1.807) is 4.80 Å². The number of aryl methyl sites for hydroxylation is 1. The highest BCUT2D eigenvalue weighted by Crippen LogP contribution is 2.16. The molecule has 0 radical (unpaired) electrons. The fraction of sp³-hybridized carbons (Fsp3) is 0.857. The van der Waals surface area contributed by atoms with Gasteiger partial charge < -0.3 is 0 Å². The Balaban J connectivity index is 2.65. The molecule has 0 amide bonds. The Bertz CT molecular complexity index is 233. The van der Waals surface area contributed by atoms with Gasteiger partial charge in [0.05, 0.1) is 5.10 Å². The molecule has 11 heavy (non-hydrogen) atoms. The van der Waals surface area contributed by atoms with Crippen LogP contribution in [0.4, 0.5) is 0 Å². The average Bonchev–Trinajstić information content (AvgIpc) is 2.10. The fourth-order valence-electron chi connectivity index (χ4n) is 0.897. The molecule has 4 nitrogen and oxygen atoms in total. The molecule has 1 N–H and O–H groups in total. The lowest BCUT2D eigenvalue weighted by Crippen LogP contribution is -2.33. The van der Waals surface area contributed by atoms with Crippen molar-refractivity contribution < 1.29 is 4.80 Å². The van der Waals surface area contributed by atoms with Gasteiger partial charge in [-0.15, -0.1) is 0 Å². The van der Waals surface area contributed by atoms with E-state index in [-0.39, 0.29) is 5.41 Å². The molecule has 4 heteroatoms. The van der Waals surface area contributed by atoms with Crippen molar-refractivity contribution in [1.82, 2.24) is 15.4 Å². The Kier molecular flexibility index (Phi) is 1.93. The second-order valence-corrected chi connectivity index (χ2v) is 3.99. The van der Waals surface area contributed by atoms with E-state index in [0.29, 0.717) is 0 Å².